The van der Waals surface area contributed by atoms with Crippen molar-refractivity contribution >= 4 is 5.97 Å². The second-order valence-corrected chi connectivity index (χ2v) is 5.00. The summed E-state index contributed by atoms with van der Waals surface area (Å²) in [5, 5.41) is 3.93. The lowest BCUT2D eigenvalue weighted by Gasteiger charge is -2.06. The number of benzene rings is 2. The van der Waals surface area contributed by atoms with Crippen LogP contribution in [0.1, 0.15) is 21.7 Å². The molecule has 0 bridgehead atoms. The average Bonchev–Trinajstić information content (AvgIpc) is 2.96. The molecule has 3 aromatic rings. The molecular weight excluding hydrogens is 297 g/mol. The lowest BCUT2D eigenvalue weighted by atomic mass is 10.1. The number of aryl methyl sites for hydroxylation is 1. The molecule has 0 unspecified atom stereocenters. The summed E-state index contributed by atoms with van der Waals surface area (Å²) in [4.78, 5) is 12.4. The normalized spacial score (nSPS) is 10.5. The summed E-state index contributed by atoms with van der Waals surface area (Å²) in [5.41, 5.74) is 1.74. The van der Waals surface area contributed by atoms with E-state index in [0.29, 0.717) is 17.0 Å². The Morgan fingerprint density at radius 1 is 1.13 bits per heavy atom. The van der Waals surface area contributed by atoms with E-state index in [9.17, 15) is 9.18 Å². The quantitative estimate of drug-likeness (QED) is 0.679. The summed E-state index contributed by atoms with van der Waals surface area (Å²) in [7, 11) is 0. The van der Waals surface area contributed by atoms with E-state index in [1.54, 1.807) is 25.1 Å². The van der Waals surface area contributed by atoms with E-state index >= 15 is 0 Å². The van der Waals surface area contributed by atoms with E-state index in [2.05, 4.69) is 5.16 Å². The lowest BCUT2D eigenvalue weighted by molar-refractivity contribution is 0.0468. The molecule has 0 saturated heterocycles. The minimum absolute atomic E-state index is 0.148. The maximum absolute atomic E-state index is 13.6. The van der Waals surface area contributed by atoms with Gasteiger partial charge in [-0.15, -0.1) is 0 Å². The molecule has 1 heterocycles. The SMILES string of the molecule is Cc1onc(-c2ccccc2)c1C(=O)OCc1ccccc1F. The number of ether oxygens (including phenoxy) is 1. The first kappa shape index (κ1) is 15.0. The molecule has 0 aliphatic rings. The van der Waals surface area contributed by atoms with Gasteiger partial charge in [-0.05, 0) is 13.0 Å². The van der Waals surface area contributed by atoms with Gasteiger partial charge in [-0.1, -0.05) is 53.7 Å². The molecule has 1 aromatic heterocycles. The minimum atomic E-state index is -0.592. The number of halogens is 1. The van der Waals surface area contributed by atoms with Crippen LogP contribution in [0.2, 0.25) is 0 Å². The number of carbonyl (C=O) groups is 1. The fourth-order valence-corrected chi connectivity index (χ4v) is 2.24. The van der Waals surface area contributed by atoms with Gasteiger partial charge in [0.2, 0.25) is 0 Å². The molecule has 0 aliphatic heterocycles. The number of hydrogen-bond acceptors (Lipinski definition) is 4. The van der Waals surface area contributed by atoms with Crippen molar-refractivity contribution in [1.29, 1.82) is 0 Å². The van der Waals surface area contributed by atoms with Gasteiger partial charge in [0, 0.05) is 11.1 Å². The second kappa shape index (κ2) is 6.44. The third kappa shape index (κ3) is 3.13. The summed E-state index contributed by atoms with van der Waals surface area (Å²) < 4.78 is 23.9. The van der Waals surface area contributed by atoms with Crippen LogP contribution in [0.3, 0.4) is 0 Å². The zero-order valence-corrected chi connectivity index (χ0v) is 12.5. The van der Waals surface area contributed by atoms with Gasteiger partial charge >= 0.3 is 5.97 Å². The van der Waals surface area contributed by atoms with Crippen LogP contribution < -0.4 is 0 Å². The molecule has 0 saturated carbocycles. The molecule has 3 rings (SSSR count). The highest BCUT2D eigenvalue weighted by Crippen LogP contribution is 2.26. The van der Waals surface area contributed by atoms with Crippen LogP contribution in [0.15, 0.2) is 59.1 Å². The Morgan fingerprint density at radius 3 is 2.57 bits per heavy atom. The summed E-state index contributed by atoms with van der Waals surface area (Å²) in [5.74, 6) is -0.640. The Hall–Kier alpha value is -2.95. The van der Waals surface area contributed by atoms with Gasteiger partial charge < -0.3 is 9.26 Å². The fraction of sp³-hybridized carbons (Fsp3) is 0.111. The van der Waals surface area contributed by atoms with Crippen LogP contribution >= 0.6 is 0 Å². The minimum Gasteiger partial charge on any atom is -0.457 e. The van der Waals surface area contributed by atoms with Gasteiger partial charge in [0.15, 0.2) is 0 Å². The summed E-state index contributed by atoms with van der Waals surface area (Å²) in [6, 6.07) is 15.4. The number of rotatable bonds is 4. The maximum Gasteiger partial charge on any atom is 0.344 e. The van der Waals surface area contributed by atoms with Crippen molar-refractivity contribution in [3.05, 3.63) is 77.3 Å². The van der Waals surface area contributed by atoms with Crippen LogP contribution in [0.5, 0.6) is 0 Å². The van der Waals surface area contributed by atoms with Crippen LogP contribution in [0.4, 0.5) is 4.39 Å². The van der Waals surface area contributed by atoms with E-state index in [4.69, 9.17) is 9.26 Å². The summed E-state index contributed by atoms with van der Waals surface area (Å²) in [6.07, 6.45) is 0. The van der Waals surface area contributed by atoms with Crippen molar-refractivity contribution in [2.24, 2.45) is 0 Å². The second-order valence-electron chi connectivity index (χ2n) is 5.00. The van der Waals surface area contributed by atoms with E-state index in [1.807, 2.05) is 30.3 Å². The van der Waals surface area contributed by atoms with Crippen molar-refractivity contribution in [3.63, 3.8) is 0 Å². The van der Waals surface area contributed by atoms with Crippen LogP contribution in [0, 0.1) is 12.7 Å². The Balaban J connectivity index is 1.83. The molecular formula is C18H14FNO3. The van der Waals surface area contributed by atoms with Gasteiger partial charge in [-0.2, -0.15) is 0 Å². The first-order valence-electron chi connectivity index (χ1n) is 7.09. The van der Waals surface area contributed by atoms with Gasteiger partial charge in [-0.25, -0.2) is 9.18 Å². The molecule has 23 heavy (non-hydrogen) atoms. The van der Waals surface area contributed by atoms with E-state index in [-0.39, 0.29) is 12.2 Å². The standard InChI is InChI=1S/C18H14FNO3/c1-12-16(17(20-23-12)13-7-3-2-4-8-13)18(21)22-11-14-9-5-6-10-15(14)19/h2-10H,11H2,1H3. The lowest BCUT2D eigenvalue weighted by Crippen LogP contribution is -2.08. The van der Waals surface area contributed by atoms with Gasteiger partial charge in [-0.3, -0.25) is 0 Å². The predicted octanol–water partition coefficient (Wildman–Crippen LogP) is 4.15. The smallest absolute Gasteiger partial charge is 0.344 e. The van der Waals surface area contributed by atoms with E-state index in [1.165, 1.54) is 6.07 Å². The van der Waals surface area contributed by atoms with Crippen LogP contribution in [-0.4, -0.2) is 11.1 Å². The van der Waals surface area contributed by atoms with Crippen molar-refractivity contribution in [2.45, 2.75) is 13.5 Å². The molecule has 0 aliphatic carbocycles. The number of aromatic nitrogens is 1. The predicted molar refractivity (Wildman–Crippen MR) is 82.2 cm³/mol. The van der Waals surface area contributed by atoms with Gasteiger partial charge in [0.25, 0.3) is 0 Å². The van der Waals surface area contributed by atoms with Crippen LogP contribution in [-0.2, 0) is 11.3 Å². The number of hydrogen-bond donors (Lipinski definition) is 0. The largest absolute Gasteiger partial charge is 0.457 e. The number of nitrogens with zero attached hydrogens (tertiary/aromatic N) is 1. The van der Waals surface area contributed by atoms with Gasteiger partial charge in [0.05, 0.1) is 0 Å². The third-order valence-electron chi connectivity index (χ3n) is 3.43. The highest BCUT2D eigenvalue weighted by atomic mass is 19.1. The van der Waals surface area contributed by atoms with Crippen molar-refractivity contribution < 1.29 is 18.4 Å². The number of carbonyl (C=O) groups excluding carboxylic acids is 1. The van der Waals surface area contributed by atoms with Crippen molar-refractivity contribution in [1.82, 2.24) is 5.16 Å². The molecule has 0 spiro atoms. The molecule has 0 N–H and O–H groups in total. The monoisotopic (exact) mass is 311 g/mol. The Labute approximate surface area is 132 Å². The first-order valence-corrected chi connectivity index (χ1v) is 7.09. The number of esters is 1. The highest BCUT2D eigenvalue weighted by molar-refractivity contribution is 5.97. The molecule has 4 nitrogen and oxygen atoms in total. The van der Waals surface area contributed by atoms with E-state index < -0.39 is 11.8 Å². The Bertz CT molecular complexity index is 827. The molecule has 0 atom stereocenters. The van der Waals surface area contributed by atoms with Crippen molar-refractivity contribution in [3.8, 4) is 11.3 Å². The molecule has 116 valence electrons. The molecule has 0 amide bonds. The maximum atomic E-state index is 13.6. The first-order chi connectivity index (χ1) is 11.2. The molecule has 0 radical (unpaired) electrons. The fourth-order valence-electron chi connectivity index (χ4n) is 2.24. The topological polar surface area (TPSA) is 52.3 Å². The Morgan fingerprint density at radius 2 is 1.83 bits per heavy atom. The zero-order valence-electron chi connectivity index (χ0n) is 12.5. The zero-order chi connectivity index (χ0) is 16.2. The summed E-state index contributed by atoms with van der Waals surface area (Å²) >= 11 is 0. The highest BCUT2D eigenvalue weighted by Gasteiger charge is 2.23. The third-order valence-corrected chi connectivity index (χ3v) is 3.43. The van der Waals surface area contributed by atoms with E-state index in [0.717, 1.165) is 5.56 Å². The van der Waals surface area contributed by atoms with Gasteiger partial charge in [0.1, 0.15) is 29.4 Å². The molecule has 2 aromatic carbocycles. The summed E-state index contributed by atoms with van der Waals surface area (Å²) in [6.45, 7) is 1.49. The molecule has 5 heteroatoms. The van der Waals surface area contributed by atoms with Crippen LogP contribution in [0.25, 0.3) is 11.3 Å². The Kier molecular flexibility index (Phi) is 4.19. The van der Waals surface area contributed by atoms with Crippen molar-refractivity contribution in [2.75, 3.05) is 0 Å². The average molecular weight is 311 g/mol. The molecule has 0 fully saturated rings.